The standard InChI is InChI=1S/C14H18N2O7/c1-3-23-12-8-10(16(20)21)9(7-11(12)22-2)14(19)15-6-4-5-13(17)18/h7-8H,3-6H2,1-2H3,(H,15,19)(H,17,18). The van der Waals surface area contributed by atoms with Crippen LogP contribution in [-0.4, -0.2) is 42.2 Å². The quantitative estimate of drug-likeness (QED) is 0.400. The highest BCUT2D eigenvalue weighted by molar-refractivity contribution is 5.99. The van der Waals surface area contributed by atoms with Gasteiger partial charge in [-0.15, -0.1) is 0 Å². The van der Waals surface area contributed by atoms with E-state index < -0.39 is 22.5 Å². The predicted octanol–water partition coefficient (Wildman–Crippen LogP) is 1.60. The lowest BCUT2D eigenvalue weighted by molar-refractivity contribution is -0.385. The van der Waals surface area contributed by atoms with Crippen LogP contribution in [0.1, 0.15) is 30.1 Å². The van der Waals surface area contributed by atoms with E-state index in [0.29, 0.717) is 0 Å². The van der Waals surface area contributed by atoms with Gasteiger partial charge in [-0.05, 0) is 13.3 Å². The van der Waals surface area contributed by atoms with Crippen LogP contribution in [0.15, 0.2) is 12.1 Å². The molecule has 0 unspecified atom stereocenters. The number of hydrogen-bond donors (Lipinski definition) is 2. The van der Waals surface area contributed by atoms with E-state index in [1.807, 2.05) is 0 Å². The van der Waals surface area contributed by atoms with Crippen molar-refractivity contribution in [3.63, 3.8) is 0 Å². The van der Waals surface area contributed by atoms with E-state index >= 15 is 0 Å². The van der Waals surface area contributed by atoms with Crippen LogP contribution in [0, 0.1) is 10.1 Å². The molecule has 0 aliphatic rings. The molecule has 2 N–H and O–H groups in total. The molecular weight excluding hydrogens is 308 g/mol. The first kappa shape index (κ1) is 18.2. The Morgan fingerprint density at radius 1 is 1.35 bits per heavy atom. The Morgan fingerprint density at radius 2 is 2.04 bits per heavy atom. The number of amides is 1. The summed E-state index contributed by atoms with van der Waals surface area (Å²) in [4.78, 5) is 33.0. The zero-order chi connectivity index (χ0) is 17.4. The summed E-state index contributed by atoms with van der Waals surface area (Å²) < 4.78 is 10.3. The van der Waals surface area contributed by atoms with E-state index in [0.717, 1.165) is 6.07 Å². The van der Waals surface area contributed by atoms with Crippen LogP contribution in [0.4, 0.5) is 5.69 Å². The highest BCUT2D eigenvalue weighted by Gasteiger charge is 2.24. The van der Waals surface area contributed by atoms with Crippen LogP contribution in [0.25, 0.3) is 0 Å². The number of carboxylic acids is 1. The fourth-order valence-corrected chi connectivity index (χ4v) is 1.85. The Kier molecular flexibility index (Phi) is 6.78. The minimum absolute atomic E-state index is 0.0951. The highest BCUT2D eigenvalue weighted by Crippen LogP contribution is 2.34. The van der Waals surface area contributed by atoms with Gasteiger partial charge in [-0.2, -0.15) is 0 Å². The second-order valence-electron chi connectivity index (χ2n) is 4.46. The van der Waals surface area contributed by atoms with E-state index in [9.17, 15) is 19.7 Å². The number of nitrogens with one attached hydrogen (secondary N) is 1. The fraction of sp³-hybridized carbons (Fsp3) is 0.429. The van der Waals surface area contributed by atoms with Gasteiger partial charge in [-0.3, -0.25) is 19.7 Å². The average molecular weight is 326 g/mol. The molecule has 0 saturated carbocycles. The van der Waals surface area contributed by atoms with Gasteiger partial charge in [-0.1, -0.05) is 0 Å². The summed E-state index contributed by atoms with van der Waals surface area (Å²) in [5.41, 5.74) is -0.587. The van der Waals surface area contributed by atoms with Crippen molar-refractivity contribution >= 4 is 17.6 Å². The minimum atomic E-state index is -0.979. The van der Waals surface area contributed by atoms with Crippen molar-refractivity contribution in [2.45, 2.75) is 19.8 Å². The Labute approximate surface area is 132 Å². The first-order valence-electron chi connectivity index (χ1n) is 6.89. The number of nitro groups is 1. The SMILES string of the molecule is CCOc1cc([N+](=O)[O-])c(C(=O)NCCCC(=O)O)cc1OC. The highest BCUT2D eigenvalue weighted by atomic mass is 16.6. The van der Waals surface area contributed by atoms with E-state index in [4.69, 9.17) is 14.6 Å². The van der Waals surface area contributed by atoms with Crippen molar-refractivity contribution in [3.05, 3.63) is 27.8 Å². The molecule has 0 spiro atoms. The number of aliphatic carboxylic acids is 1. The average Bonchev–Trinajstić information content (AvgIpc) is 2.50. The number of benzene rings is 1. The minimum Gasteiger partial charge on any atom is -0.493 e. The lowest BCUT2D eigenvalue weighted by Gasteiger charge is -2.12. The van der Waals surface area contributed by atoms with Gasteiger partial charge >= 0.3 is 5.97 Å². The van der Waals surface area contributed by atoms with Crippen molar-refractivity contribution < 1.29 is 29.1 Å². The molecule has 1 aromatic carbocycles. The normalized spacial score (nSPS) is 10.0. The number of rotatable bonds is 9. The van der Waals surface area contributed by atoms with Crippen LogP contribution in [0.2, 0.25) is 0 Å². The maximum absolute atomic E-state index is 12.1. The molecule has 0 aliphatic heterocycles. The van der Waals surface area contributed by atoms with Crippen molar-refractivity contribution in [2.24, 2.45) is 0 Å². The molecule has 0 saturated heterocycles. The van der Waals surface area contributed by atoms with Gasteiger partial charge < -0.3 is 19.9 Å². The summed E-state index contributed by atoms with van der Waals surface area (Å²) in [5, 5.41) is 22.1. The largest absolute Gasteiger partial charge is 0.493 e. The van der Waals surface area contributed by atoms with Crippen molar-refractivity contribution in [3.8, 4) is 11.5 Å². The summed E-state index contributed by atoms with van der Waals surface area (Å²) in [6, 6.07) is 2.37. The van der Waals surface area contributed by atoms with E-state index in [2.05, 4.69) is 5.32 Å². The number of methoxy groups -OCH3 is 1. The molecule has 0 fully saturated rings. The Balaban J connectivity index is 3.00. The fourth-order valence-electron chi connectivity index (χ4n) is 1.85. The van der Waals surface area contributed by atoms with Gasteiger partial charge in [0.1, 0.15) is 5.56 Å². The number of carboxylic acid groups (broad SMARTS) is 1. The van der Waals surface area contributed by atoms with Gasteiger partial charge in [0.05, 0.1) is 24.7 Å². The smallest absolute Gasteiger partial charge is 0.303 e. The molecular formula is C14H18N2O7. The summed E-state index contributed by atoms with van der Waals surface area (Å²) in [6.45, 7) is 2.10. The molecule has 1 aromatic rings. The van der Waals surface area contributed by atoms with Crippen LogP contribution in [-0.2, 0) is 4.79 Å². The molecule has 1 amide bonds. The number of ether oxygens (including phenoxy) is 2. The third kappa shape index (κ3) is 5.13. The number of nitro benzene ring substituents is 1. The second-order valence-corrected chi connectivity index (χ2v) is 4.46. The summed E-state index contributed by atoms with van der Waals surface area (Å²) in [6.07, 6.45) is 0.123. The third-order valence-electron chi connectivity index (χ3n) is 2.88. The van der Waals surface area contributed by atoms with Crippen LogP contribution in [0.3, 0.4) is 0 Å². The first-order valence-corrected chi connectivity index (χ1v) is 6.89. The van der Waals surface area contributed by atoms with Crippen molar-refractivity contribution in [1.82, 2.24) is 5.32 Å². The molecule has 0 atom stereocenters. The topological polar surface area (TPSA) is 128 Å². The lowest BCUT2D eigenvalue weighted by Crippen LogP contribution is -2.25. The summed E-state index contributed by atoms with van der Waals surface area (Å²) in [7, 11) is 1.36. The van der Waals surface area contributed by atoms with Crippen LogP contribution in [0.5, 0.6) is 11.5 Å². The van der Waals surface area contributed by atoms with Crippen LogP contribution >= 0.6 is 0 Å². The summed E-state index contributed by atoms with van der Waals surface area (Å²) >= 11 is 0. The van der Waals surface area contributed by atoms with E-state index in [1.165, 1.54) is 13.2 Å². The second kappa shape index (κ2) is 8.57. The molecule has 0 bridgehead atoms. The molecule has 126 valence electrons. The molecule has 0 heterocycles. The molecule has 1 rings (SSSR count). The molecule has 0 aliphatic carbocycles. The zero-order valence-electron chi connectivity index (χ0n) is 12.8. The number of hydrogen-bond acceptors (Lipinski definition) is 6. The Bertz CT molecular complexity index is 601. The molecule has 9 nitrogen and oxygen atoms in total. The molecule has 23 heavy (non-hydrogen) atoms. The van der Waals surface area contributed by atoms with Crippen molar-refractivity contribution in [1.29, 1.82) is 0 Å². The Hall–Kier alpha value is -2.84. The molecule has 0 aromatic heterocycles. The van der Waals surface area contributed by atoms with Gasteiger partial charge in [0, 0.05) is 19.0 Å². The van der Waals surface area contributed by atoms with Gasteiger partial charge in [0.25, 0.3) is 11.6 Å². The Morgan fingerprint density at radius 3 is 2.57 bits per heavy atom. The monoisotopic (exact) mass is 326 g/mol. The zero-order valence-corrected chi connectivity index (χ0v) is 12.8. The van der Waals surface area contributed by atoms with E-state index in [-0.39, 0.29) is 43.1 Å². The van der Waals surface area contributed by atoms with Gasteiger partial charge in [-0.25, -0.2) is 0 Å². The van der Waals surface area contributed by atoms with E-state index in [1.54, 1.807) is 6.92 Å². The molecule has 0 radical (unpaired) electrons. The van der Waals surface area contributed by atoms with Gasteiger partial charge in [0.2, 0.25) is 0 Å². The predicted molar refractivity (Wildman–Crippen MR) is 80.0 cm³/mol. The number of carbonyl (C=O) groups excluding carboxylic acids is 1. The number of nitrogens with zero attached hydrogens (tertiary/aromatic N) is 1. The maximum Gasteiger partial charge on any atom is 0.303 e. The lowest BCUT2D eigenvalue weighted by atomic mass is 10.1. The van der Waals surface area contributed by atoms with Gasteiger partial charge in [0.15, 0.2) is 11.5 Å². The summed E-state index contributed by atoms with van der Waals surface area (Å²) in [5.74, 6) is -1.28. The number of carbonyl (C=O) groups is 2. The third-order valence-corrected chi connectivity index (χ3v) is 2.88. The van der Waals surface area contributed by atoms with Crippen molar-refractivity contribution in [2.75, 3.05) is 20.3 Å². The van der Waals surface area contributed by atoms with Crippen LogP contribution < -0.4 is 14.8 Å². The first-order chi connectivity index (χ1) is 10.9. The maximum atomic E-state index is 12.1. The molecule has 9 heteroatoms.